The van der Waals surface area contributed by atoms with Gasteiger partial charge in [-0.05, 0) is 50.1 Å². The van der Waals surface area contributed by atoms with Crippen LogP contribution in [0.15, 0.2) is 61.3 Å². The lowest BCUT2D eigenvalue weighted by atomic mass is 10.2. The summed E-state index contributed by atoms with van der Waals surface area (Å²) in [6, 6.07) is 13.1. The fraction of sp³-hybridized carbons (Fsp3) is 0.231. The van der Waals surface area contributed by atoms with Gasteiger partial charge in [0.2, 0.25) is 17.7 Å². The number of nitrogens with one attached hydrogen (secondary N) is 2. The highest BCUT2D eigenvalue weighted by Crippen LogP contribution is 2.35. The Hall–Kier alpha value is -4.60. The molecule has 0 saturated carbocycles. The number of para-hydroxylation sites is 2. The first-order chi connectivity index (χ1) is 17.4. The number of amides is 2. The van der Waals surface area contributed by atoms with E-state index in [1.807, 2.05) is 18.2 Å². The molecule has 1 saturated heterocycles. The fourth-order valence-electron chi connectivity index (χ4n) is 4.02. The van der Waals surface area contributed by atoms with E-state index < -0.39 is 11.8 Å². The minimum absolute atomic E-state index is 0.0178. The second kappa shape index (κ2) is 10.8. The summed E-state index contributed by atoms with van der Waals surface area (Å²) in [6.45, 7) is 6.66. The Bertz CT molecular complexity index is 1300. The fourth-order valence-corrected chi connectivity index (χ4v) is 4.02. The normalized spacial score (nSPS) is 14.7. The van der Waals surface area contributed by atoms with Gasteiger partial charge in [-0.2, -0.15) is 4.98 Å². The number of nitrogens with zero attached hydrogens (tertiary/aromatic N) is 3. The third-order valence-electron chi connectivity index (χ3n) is 5.87. The van der Waals surface area contributed by atoms with Gasteiger partial charge in [0.25, 0.3) is 5.91 Å². The van der Waals surface area contributed by atoms with Crippen molar-refractivity contribution in [1.82, 2.24) is 9.97 Å². The molecule has 0 spiro atoms. The zero-order valence-corrected chi connectivity index (χ0v) is 20.2. The van der Waals surface area contributed by atoms with Crippen LogP contribution in [-0.4, -0.2) is 41.5 Å². The van der Waals surface area contributed by atoms with E-state index in [0.717, 1.165) is 31.1 Å². The third-order valence-corrected chi connectivity index (χ3v) is 5.87. The summed E-state index contributed by atoms with van der Waals surface area (Å²) in [5.41, 5.74) is 7.60. The van der Waals surface area contributed by atoms with Crippen LogP contribution in [0.2, 0.25) is 0 Å². The second-order valence-corrected chi connectivity index (χ2v) is 8.26. The minimum atomic E-state index is -0.758. The number of ether oxygens (including phenoxy) is 2. The van der Waals surface area contributed by atoms with E-state index in [0.29, 0.717) is 23.2 Å². The highest BCUT2D eigenvalue weighted by molar-refractivity contribution is 6.00. The highest BCUT2D eigenvalue weighted by Gasteiger charge is 2.22. The summed E-state index contributed by atoms with van der Waals surface area (Å²) < 4.78 is 11.5. The van der Waals surface area contributed by atoms with Gasteiger partial charge in [-0.1, -0.05) is 18.7 Å². The molecule has 1 unspecified atom stereocenters. The maximum absolute atomic E-state index is 12.0. The van der Waals surface area contributed by atoms with Gasteiger partial charge in [-0.15, -0.1) is 0 Å². The SMILES string of the molecule is C=CC(=O)Nc1ccccc1Oc1nc(Nc2ccc(N3CCCC3C)cc2OC)ncc1C(N)=O. The molecule has 4 N–H and O–H groups in total. The molecule has 0 bridgehead atoms. The summed E-state index contributed by atoms with van der Waals surface area (Å²) in [6.07, 6.45) is 4.74. The molecule has 10 nitrogen and oxygen atoms in total. The van der Waals surface area contributed by atoms with Crippen LogP contribution in [0.4, 0.5) is 23.0 Å². The summed E-state index contributed by atoms with van der Waals surface area (Å²) in [5.74, 6) is -0.184. The molecule has 0 aliphatic carbocycles. The number of methoxy groups -OCH3 is 1. The van der Waals surface area contributed by atoms with Gasteiger partial charge >= 0.3 is 0 Å². The third kappa shape index (κ3) is 5.38. The molecule has 10 heteroatoms. The van der Waals surface area contributed by atoms with E-state index in [-0.39, 0.29) is 23.1 Å². The lowest BCUT2D eigenvalue weighted by molar-refractivity contribution is -0.111. The first-order valence-electron chi connectivity index (χ1n) is 11.5. The van der Waals surface area contributed by atoms with Crippen molar-refractivity contribution in [3.8, 4) is 17.4 Å². The average molecular weight is 489 g/mol. The van der Waals surface area contributed by atoms with Gasteiger partial charge < -0.3 is 30.7 Å². The summed E-state index contributed by atoms with van der Waals surface area (Å²) in [5, 5.41) is 5.77. The number of nitrogens with two attached hydrogens (primary N) is 1. The molecular formula is C26H28N6O4. The number of hydrogen-bond donors (Lipinski definition) is 3. The van der Waals surface area contributed by atoms with Gasteiger partial charge in [-0.3, -0.25) is 9.59 Å². The van der Waals surface area contributed by atoms with Crippen LogP contribution in [0.3, 0.4) is 0 Å². The maximum atomic E-state index is 12.0. The van der Waals surface area contributed by atoms with Crippen molar-refractivity contribution in [2.24, 2.45) is 5.73 Å². The lowest BCUT2D eigenvalue weighted by Gasteiger charge is -2.25. The Labute approximate surface area is 209 Å². The molecule has 1 fully saturated rings. The van der Waals surface area contributed by atoms with E-state index in [2.05, 4.69) is 39.0 Å². The maximum Gasteiger partial charge on any atom is 0.255 e. The van der Waals surface area contributed by atoms with Gasteiger partial charge in [0, 0.05) is 30.5 Å². The number of rotatable bonds is 9. The second-order valence-electron chi connectivity index (χ2n) is 8.26. The summed E-state index contributed by atoms with van der Waals surface area (Å²) >= 11 is 0. The molecule has 1 aromatic heterocycles. The predicted octanol–water partition coefficient (Wildman–Crippen LogP) is 4.23. The van der Waals surface area contributed by atoms with Crippen molar-refractivity contribution in [2.45, 2.75) is 25.8 Å². The first kappa shape index (κ1) is 24.5. The molecule has 4 rings (SSSR count). The van der Waals surface area contributed by atoms with Crippen LogP contribution >= 0.6 is 0 Å². The number of hydrogen-bond acceptors (Lipinski definition) is 8. The van der Waals surface area contributed by atoms with E-state index in [9.17, 15) is 9.59 Å². The molecule has 1 aliphatic heterocycles. The van der Waals surface area contributed by atoms with Gasteiger partial charge in [0.15, 0.2) is 5.75 Å². The van der Waals surface area contributed by atoms with Crippen LogP contribution in [0.1, 0.15) is 30.1 Å². The van der Waals surface area contributed by atoms with Crippen molar-refractivity contribution in [3.05, 3.63) is 66.9 Å². The molecule has 186 valence electrons. The number of anilines is 4. The van der Waals surface area contributed by atoms with Crippen molar-refractivity contribution in [2.75, 3.05) is 29.2 Å². The number of carbonyl (C=O) groups is 2. The highest BCUT2D eigenvalue weighted by atomic mass is 16.5. The zero-order valence-electron chi connectivity index (χ0n) is 20.2. The van der Waals surface area contributed by atoms with Crippen LogP contribution in [0, 0.1) is 0 Å². The van der Waals surface area contributed by atoms with Crippen LogP contribution in [0.25, 0.3) is 0 Å². The van der Waals surface area contributed by atoms with Gasteiger partial charge in [0.05, 0.1) is 18.5 Å². The van der Waals surface area contributed by atoms with Crippen LogP contribution in [0.5, 0.6) is 17.4 Å². The molecule has 2 aromatic carbocycles. The zero-order chi connectivity index (χ0) is 25.7. The molecular weight excluding hydrogens is 460 g/mol. The number of carbonyl (C=O) groups excluding carboxylic acids is 2. The quantitative estimate of drug-likeness (QED) is 0.381. The molecule has 36 heavy (non-hydrogen) atoms. The molecule has 3 aromatic rings. The standard InChI is InChI=1S/C26H28N6O4/c1-4-23(33)29-19-9-5-6-10-21(19)36-25-18(24(27)34)15-28-26(31-25)30-20-12-11-17(14-22(20)35-3)32-13-7-8-16(32)2/h4-6,9-12,14-16H,1,7-8,13H2,2-3H3,(H2,27,34)(H,29,33)(H,28,30,31). The van der Waals surface area contributed by atoms with Crippen molar-refractivity contribution in [3.63, 3.8) is 0 Å². The Morgan fingerprint density at radius 1 is 1.19 bits per heavy atom. The molecule has 1 aliphatic rings. The van der Waals surface area contributed by atoms with E-state index in [1.54, 1.807) is 31.4 Å². The Kier molecular flexibility index (Phi) is 7.33. The van der Waals surface area contributed by atoms with Crippen molar-refractivity contribution < 1.29 is 19.1 Å². The van der Waals surface area contributed by atoms with Crippen molar-refractivity contribution >= 4 is 34.8 Å². The molecule has 2 heterocycles. The van der Waals surface area contributed by atoms with Crippen LogP contribution < -0.4 is 30.7 Å². The van der Waals surface area contributed by atoms with Gasteiger partial charge in [-0.25, -0.2) is 4.98 Å². The minimum Gasteiger partial charge on any atom is -0.494 e. The van der Waals surface area contributed by atoms with Crippen molar-refractivity contribution in [1.29, 1.82) is 0 Å². The van der Waals surface area contributed by atoms with E-state index in [4.69, 9.17) is 15.2 Å². The summed E-state index contributed by atoms with van der Waals surface area (Å²) in [4.78, 5) is 34.7. The lowest BCUT2D eigenvalue weighted by Crippen LogP contribution is -2.26. The average Bonchev–Trinajstić information content (AvgIpc) is 3.31. The topological polar surface area (TPSA) is 132 Å². The van der Waals surface area contributed by atoms with E-state index >= 15 is 0 Å². The van der Waals surface area contributed by atoms with Crippen LogP contribution in [-0.2, 0) is 4.79 Å². The smallest absolute Gasteiger partial charge is 0.255 e. The monoisotopic (exact) mass is 488 g/mol. The first-order valence-corrected chi connectivity index (χ1v) is 11.5. The molecule has 1 atom stereocenters. The number of primary amides is 1. The number of aromatic nitrogens is 2. The van der Waals surface area contributed by atoms with Gasteiger partial charge in [0.1, 0.15) is 11.3 Å². The predicted molar refractivity (Wildman–Crippen MR) is 138 cm³/mol. The number of benzene rings is 2. The summed E-state index contributed by atoms with van der Waals surface area (Å²) in [7, 11) is 1.60. The molecule has 2 amide bonds. The Morgan fingerprint density at radius 3 is 2.69 bits per heavy atom. The van der Waals surface area contributed by atoms with E-state index in [1.165, 1.54) is 6.20 Å². The Morgan fingerprint density at radius 2 is 2.00 bits per heavy atom. The Balaban J connectivity index is 1.63. The molecule has 0 radical (unpaired) electrons. The largest absolute Gasteiger partial charge is 0.494 e.